The van der Waals surface area contributed by atoms with Crippen molar-refractivity contribution < 1.29 is 4.79 Å². The Balaban J connectivity index is 1.73. The van der Waals surface area contributed by atoms with Crippen LogP contribution in [-0.4, -0.2) is 36.0 Å². The van der Waals surface area contributed by atoms with Crippen molar-refractivity contribution in [3.63, 3.8) is 0 Å². The van der Waals surface area contributed by atoms with Gasteiger partial charge in [0.25, 0.3) is 0 Å². The Morgan fingerprint density at radius 2 is 1.95 bits per heavy atom. The molecule has 1 amide bonds. The molecular weight excluding hydrogens is 236 g/mol. The van der Waals surface area contributed by atoms with Crippen LogP contribution in [0.2, 0.25) is 0 Å². The molecule has 0 radical (unpaired) electrons. The zero-order valence-corrected chi connectivity index (χ0v) is 12.0. The standard InChI is InChI=1S/C16H26N2O/c1-2-3-5-10-16(19)17-14-11-12-18(13-14)15-8-6-4-7-9-15/h2-3,5,10,14-15H,4,6-9,11-13H2,1H3,(H,17,19)/b3-2+,10-5+. The monoisotopic (exact) mass is 262 g/mol. The number of carbonyl (C=O) groups is 1. The highest BCUT2D eigenvalue weighted by molar-refractivity contribution is 5.88. The molecule has 1 N–H and O–H groups in total. The van der Waals surface area contributed by atoms with Gasteiger partial charge in [0.15, 0.2) is 0 Å². The van der Waals surface area contributed by atoms with Gasteiger partial charge in [-0.25, -0.2) is 0 Å². The normalized spacial score (nSPS) is 26.5. The molecule has 1 atom stereocenters. The molecule has 0 aromatic heterocycles. The number of amides is 1. The van der Waals surface area contributed by atoms with Crippen LogP contribution in [0.1, 0.15) is 45.4 Å². The van der Waals surface area contributed by atoms with E-state index in [-0.39, 0.29) is 5.91 Å². The molecule has 0 bridgehead atoms. The van der Waals surface area contributed by atoms with Crippen LogP contribution >= 0.6 is 0 Å². The Morgan fingerprint density at radius 3 is 2.68 bits per heavy atom. The Labute approximate surface area is 116 Å². The molecule has 2 aliphatic rings. The maximum Gasteiger partial charge on any atom is 0.244 e. The summed E-state index contributed by atoms with van der Waals surface area (Å²) in [5, 5.41) is 3.11. The topological polar surface area (TPSA) is 32.3 Å². The van der Waals surface area contributed by atoms with Gasteiger partial charge >= 0.3 is 0 Å². The molecule has 2 rings (SSSR count). The number of carbonyl (C=O) groups excluding carboxylic acids is 1. The molecule has 3 nitrogen and oxygen atoms in total. The first-order chi connectivity index (χ1) is 9.29. The van der Waals surface area contributed by atoms with Crippen molar-refractivity contribution in [2.75, 3.05) is 13.1 Å². The van der Waals surface area contributed by atoms with Gasteiger partial charge in [0.05, 0.1) is 0 Å². The van der Waals surface area contributed by atoms with Gasteiger partial charge in [-0.3, -0.25) is 9.69 Å². The molecule has 1 aliphatic carbocycles. The summed E-state index contributed by atoms with van der Waals surface area (Å²) in [7, 11) is 0. The average molecular weight is 262 g/mol. The predicted octanol–water partition coefficient (Wildman–Crippen LogP) is 2.64. The number of hydrogen-bond acceptors (Lipinski definition) is 2. The first-order valence-electron chi connectivity index (χ1n) is 7.63. The largest absolute Gasteiger partial charge is 0.348 e. The van der Waals surface area contributed by atoms with Gasteiger partial charge in [0, 0.05) is 31.2 Å². The number of likely N-dealkylation sites (tertiary alicyclic amines) is 1. The third kappa shape index (κ3) is 4.50. The van der Waals surface area contributed by atoms with Crippen molar-refractivity contribution in [3.8, 4) is 0 Å². The minimum absolute atomic E-state index is 0.0357. The summed E-state index contributed by atoms with van der Waals surface area (Å²) in [6.07, 6.45) is 15.2. The third-order valence-corrected chi connectivity index (χ3v) is 4.21. The average Bonchev–Trinajstić information content (AvgIpc) is 2.88. The van der Waals surface area contributed by atoms with Crippen LogP contribution < -0.4 is 5.32 Å². The van der Waals surface area contributed by atoms with Gasteiger partial charge in [-0.15, -0.1) is 0 Å². The summed E-state index contributed by atoms with van der Waals surface area (Å²) >= 11 is 0. The Morgan fingerprint density at radius 1 is 1.16 bits per heavy atom. The van der Waals surface area contributed by atoms with E-state index in [1.807, 2.05) is 19.1 Å². The SMILES string of the molecule is C/C=C/C=C/C(=O)NC1CCN(C2CCCCC2)C1. The third-order valence-electron chi connectivity index (χ3n) is 4.21. The van der Waals surface area contributed by atoms with E-state index in [1.165, 1.54) is 32.1 Å². The van der Waals surface area contributed by atoms with E-state index in [0.717, 1.165) is 25.6 Å². The van der Waals surface area contributed by atoms with Crippen LogP contribution in [0.4, 0.5) is 0 Å². The zero-order valence-electron chi connectivity index (χ0n) is 12.0. The lowest BCUT2D eigenvalue weighted by molar-refractivity contribution is -0.117. The van der Waals surface area contributed by atoms with Crippen LogP contribution in [0.3, 0.4) is 0 Å². The lowest BCUT2D eigenvalue weighted by Crippen LogP contribution is -2.40. The van der Waals surface area contributed by atoms with Crippen molar-refractivity contribution in [1.29, 1.82) is 0 Å². The maximum atomic E-state index is 11.7. The van der Waals surface area contributed by atoms with Gasteiger partial charge in [0.1, 0.15) is 0 Å². The molecule has 1 saturated heterocycles. The van der Waals surface area contributed by atoms with Crippen molar-refractivity contribution >= 4 is 5.91 Å². The van der Waals surface area contributed by atoms with Crippen LogP contribution in [-0.2, 0) is 4.79 Å². The minimum atomic E-state index is 0.0357. The summed E-state index contributed by atoms with van der Waals surface area (Å²) in [4.78, 5) is 14.3. The van der Waals surface area contributed by atoms with E-state index < -0.39 is 0 Å². The second-order valence-electron chi connectivity index (χ2n) is 5.67. The molecule has 19 heavy (non-hydrogen) atoms. The second kappa shape index (κ2) is 7.49. The van der Waals surface area contributed by atoms with E-state index in [4.69, 9.17) is 0 Å². The Bertz CT molecular complexity index is 343. The van der Waals surface area contributed by atoms with Gasteiger partial charge < -0.3 is 5.32 Å². The molecule has 106 valence electrons. The fourth-order valence-electron chi connectivity index (χ4n) is 3.19. The van der Waals surface area contributed by atoms with E-state index in [1.54, 1.807) is 12.2 Å². The van der Waals surface area contributed by atoms with Crippen LogP contribution in [0.25, 0.3) is 0 Å². The van der Waals surface area contributed by atoms with Crippen molar-refractivity contribution in [1.82, 2.24) is 10.2 Å². The van der Waals surface area contributed by atoms with Gasteiger partial charge in [-0.1, -0.05) is 37.5 Å². The molecule has 2 fully saturated rings. The summed E-state index contributed by atoms with van der Waals surface area (Å²) in [6.45, 7) is 4.13. The zero-order chi connectivity index (χ0) is 13.5. The molecule has 1 unspecified atom stereocenters. The highest BCUT2D eigenvalue weighted by Gasteiger charge is 2.29. The molecule has 1 heterocycles. The highest BCUT2D eigenvalue weighted by Crippen LogP contribution is 2.25. The number of allylic oxidation sites excluding steroid dienone is 3. The van der Waals surface area contributed by atoms with E-state index in [0.29, 0.717) is 6.04 Å². The molecule has 0 spiro atoms. The van der Waals surface area contributed by atoms with E-state index in [9.17, 15) is 4.79 Å². The summed E-state index contributed by atoms with van der Waals surface area (Å²) in [5.74, 6) is 0.0357. The molecule has 0 aromatic rings. The van der Waals surface area contributed by atoms with Gasteiger partial charge in [-0.2, -0.15) is 0 Å². The number of hydrogen-bond donors (Lipinski definition) is 1. The van der Waals surface area contributed by atoms with Crippen molar-refractivity contribution in [3.05, 3.63) is 24.3 Å². The lowest BCUT2D eigenvalue weighted by atomic mass is 9.94. The predicted molar refractivity (Wildman–Crippen MR) is 78.9 cm³/mol. The number of rotatable bonds is 4. The van der Waals surface area contributed by atoms with Crippen LogP contribution in [0, 0.1) is 0 Å². The molecule has 1 saturated carbocycles. The summed E-state index contributed by atoms with van der Waals surface area (Å²) < 4.78 is 0. The smallest absolute Gasteiger partial charge is 0.244 e. The van der Waals surface area contributed by atoms with Crippen molar-refractivity contribution in [2.24, 2.45) is 0 Å². The van der Waals surface area contributed by atoms with E-state index >= 15 is 0 Å². The Hall–Kier alpha value is -1.09. The summed E-state index contributed by atoms with van der Waals surface area (Å²) in [5.41, 5.74) is 0. The Kier molecular flexibility index (Phi) is 5.64. The maximum absolute atomic E-state index is 11.7. The molecule has 1 aliphatic heterocycles. The molecule has 3 heteroatoms. The fraction of sp³-hybridized carbons (Fsp3) is 0.688. The first-order valence-corrected chi connectivity index (χ1v) is 7.63. The molecule has 0 aromatic carbocycles. The second-order valence-corrected chi connectivity index (χ2v) is 5.67. The molecular formula is C16H26N2O. The lowest BCUT2D eigenvalue weighted by Gasteiger charge is -2.31. The number of nitrogens with zero attached hydrogens (tertiary/aromatic N) is 1. The van der Waals surface area contributed by atoms with E-state index in [2.05, 4.69) is 10.2 Å². The highest BCUT2D eigenvalue weighted by atomic mass is 16.1. The quantitative estimate of drug-likeness (QED) is 0.624. The minimum Gasteiger partial charge on any atom is -0.348 e. The fourth-order valence-corrected chi connectivity index (χ4v) is 3.19. The first kappa shape index (κ1) is 14.3. The van der Waals surface area contributed by atoms with Gasteiger partial charge in [-0.05, 0) is 26.2 Å². The van der Waals surface area contributed by atoms with Gasteiger partial charge in [0.2, 0.25) is 5.91 Å². The summed E-state index contributed by atoms with van der Waals surface area (Å²) in [6, 6.07) is 1.11. The van der Waals surface area contributed by atoms with Crippen LogP contribution in [0.5, 0.6) is 0 Å². The number of nitrogens with one attached hydrogen (secondary N) is 1. The van der Waals surface area contributed by atoms with Crippen molar-refractivity contribution in [2.45, 2.75) is 57.5 Å². The van der Waals surface area contributed by atoms with Crippen LogP contribution in [0.15, 0.2) is 24.3 Å².